The van der Waals surface area contributed by atoms with Crippen LogP contribution >= 0.6 is 0 Å². The molecule has 0 heterocycles. The van der Waals surface area contributed by atoms with E-state index in [1.165, 1.54) is 0 Å². The molecular formula is H18N3O15Tb+3. The largest absolute Gasteiger partial charge is 0.472 e. The van der Waals surface area contributed by atoms with Gasteiger partial charge in [-0.3, -0.25) is 0 Å². The summed E-state index contributed by atoms with van der Waals surface area (Å²) in [5.41, 5.74) is 0. The molecule has 0 amide bonds. The fourth-order valence-corrected chi connectivity index (χ4v) is 0. The Hall–Kier alpha value is -1.35. The zero-order chi connectivity index (χ0) is 10.7. The molecule has 0 aromatic rings. The number of rotatable bonds is 0. The minimum Gasteiger partial charge on any atom is -0.412 e. The molecule has 129 valence electrons. The standard InChI is InChI=1S/3H2NO3.6H2O.Tb/c3*2-1(3)4;;;;;;;/h3*(H2,2,3,4);6*1H2;/q3*+1;;;;;;;. The Morgan fingerprint density at radius 1 is 0.421 bits per heavy atom. The van der Waals surface area contributed by atoms with Crippen LogP contribution in [0.2, 0.25) is 0 Å². The Morgan fingerprint density at radius 2 is 0.421 bits per heavy atom. The first-order chi connectivity index (χ1) is 5.20. The van der Waals surface area contributed by atoms with Crippen molar-refractivity contribution in [3.63, 3.8) is 0 Å². The van der Waals surface area contributed by atoms with Crippen LogP contribution in [0.3, 0.4) is 0 Å². The Balaban J connectivity index is -0.00000000675. The first kappa shape index (κ1) is 83.6. The molecule has 1 radical (unpaired) electrons. The van der Waals surface area contributed by atoms with E-state index in [0.29, 0.717) is 0 Å². The molecule has 19 heavy (non-hydrogen) atoms. The minimum absolute atomic E-state index is 0. The van der Waals surface area contributed by atoms with E-state index in [-0.39, 0.29) is 71.5 Å². The molecule has 19 heteroatoms. The number of hydrogen-bond donors (Lipinski definition) is 6. The summed E-state index contributed by atoms with van der Waals surface area (Å²) in [4.78, 5) is 25.4. The van der Waals surface area contributed by atoms with Crippen molar-refractivity contribution in [1.29, 1.82) is 0 Å². The third-order valence-electron chi connectivity index (χ3n) is 0. The number of hydrogen-bond acceptors (Lipinski definition) is 3. The van der Waals surface area contributed by atoms with E-state index in [4.69, 9.17) is 46.0 Å². The van der Waals surface area contributed by atoms with Gasteiger partial charge in [-0.25, -0.2) is 31.2 Å². The molecule has 0 saturated heterocycles. The van der Waals surface area contributed by atoms with Crippen LogP contribution in [0.4, 0.5) is 0 Å². The Morgan fingerprint density at radius 3 is 0.421 bits per heavy atom. The van der Waals surface area contributed by atoms with Gasteiger partial charge in [0.05, 0.1) is 0 Å². The van der Waals surface area contributed by atoms with Crippen molar-refractivity contribution in [3.05, 3.63) is 14.7 Å². The van der Waals surface area contributed by atoms with Gasteiger partial charge in [-0.2, -0.15) is 0 Å². The predicted molar refractivity (Wildman–Crippen MR) is 43.3 cm³/mol. The van der Waals surface area contributed by atoms with E-state index in [9.17, 15) is 0 Å². The van der Waals surface area contributed by atoms with E-state index < -0.39 is 15.3 Å². The average Bonchev–Trinajstić information content (AvgIpc) is 1.54. The molecular weight excluding hydrogens is 441 g/mol. The van der Waals surface area contributed by atoms with Crippen molar-refractivity contribution in [2.45, 2.75) is 0 Å². The monoisotopic (exact) mass is 459 g/mol. The maximum atomic E-state index is 8.47. The predicted octanol–water partition coefficient (Wildman–Crippen LogP) is -6.32. The van der Waals surface area contributed by atoms with Crippen molar-refractivity contribution in [1.82, 2.24) is 0 Å². The molecule has 18 N–H and O–H groups in total. The topological polar surface area (TPSA) is 371 Å². The summed E-state index contributed by atoms with van der Waals surface area (Å²) in [5, 5.41) is 37.6. The van der Waals surface area contributed by atoms with Gasteiger partial charge in [-0.05, 0) is 0 Å². The van der Waals surface area contributed by atoms with Gasteiger partial charge in [-0.1, -0.05) is 0 Å². The molecule has 0 rings (SSSR count). The van der Waals surface area contributed by atoms with E-state index in [0.717, 1.165) is 0 Å². The third-order valence-corrected chi connectivity index (χ3v) is 0. The maximum Gasteiger partial charge on any atom is 0.472 e. The average molecular weight is 459 g/mol. The van der Waals surface area contributed by atoms with Crippen LogP contribution in [0.1, 0.15) is 0 Å². The molecule has 0 bridgehead atoms. The van der Waals surface area contributed by atoms with Gasteiger partial charge in [0.25, 0.3) is 0 Å². The van der Waals surface area contributed by atoms with Crippen LogP contribution in [0.5, 0.6) is 0 Å². The Bertz CT molecular complexity index is 115. The zero-order valence-corrected chi connectivity index (χ0v) is 10.7. The normalized spacial score (nSPS) is 3.79. The van der Waals surface area contributed by atoms with E-state index in [1.807, 2.05) is 0 Å². The first-order valence-electron chi connectivity index (χ1n) is 1.75. The molecule has 0 aliphatic carbocycles. The zero-order valence-electron chi connectivity index (χ0n) is 8.58. The first-order valence-corrected chi connectivity index (χ1v) is 1.75. The molecule has 0 fully saturated rings. The number of nitrogens with zero attached hydrogens (tertiary/aromatic N) is 3. The second-order valence-corrected chi connectivity index (χ2v) is 0.758. The summed E-state index contributed by atoms with van der Waals surface area (Å²) in [7, 11) is 0. The van der Waals surface area contributed by atoms with Gasteiger partial charge in [0, 0.05) is 38.6 Å². The van der Waals surface area contributed by atoms with Crippen molar-refractivity contribution in [3.8, 4) is 0 Å². The van der Waals surface area contributed by atoms with Crippen LogP contribution in [0.25, 0.3) is 0 Å². The van der Waals surface area contributed by atoms with Crippen LogP contribution in [-0.4, -0.2) is 79.4 Å². The van der Waals surface area contributed by atoms with E-state index in [2.05, 4.69) is 0 Å². The summed E-state index contributed by atoms with van der Waals surface area (Å²) in [6.07, 6.45) is 0. The van der Waals surface area contributed by atoms with Crippen molar-refractivity contribution in [2.75, 3.05) is 0 Å². The fourth-order valence-electron chi connectivity index (χ4n) is 0. The third kappa shape index (κ3) is 1950. The molecule has 0 saturated carbocycles. The SMILES string of the molecule is O.O.O.O.O.O.O=[N+](O)O.O=[N+](O)O.O=[N+](O)O.[Tb]. The van der Waals surface area contributed by atoms with Gasteiger partial charge in [0.2, 0.25) is 0 Å². The second kappa shape index (κ2) is 69.7. The molecule has 0 unspecified atom stereocenters. The maximum absolute atomic E-state index is 8.47. The van der Waals surface area contributed by atoms with Gasteiger partial charge >= 0.3 is 15.3 Å². The van der Waals surface area contributed by atoms with Crippen LogP contribution < -0.4 is 0 Å². The van der Waals surface area contributed by atoms with E-state index >= 15 is 0 Å². The molecule has 18 nitrogen and oxygen atoms in total. The van der Waals surface area contributed by atoms with E-state index in [1.54, 1.807) is 0 Å². The molecule has 0 atom stereocenters. The molecule has 0 aromatic heterocycles. The van der Waals surface area contributed by atoms with Crippen LogP contribution in [0, 0.1) is 53.3 Å². The molecule has 0 aromatic carbocycles. The Labute approximate surface area is 132 Å². The summed E-state index contributed by atoms with van der Waals surface area (Å²) < 4.78 is 0. The van der Waals surface area contributed by atoms with Crippen molar-refractivity contribution in [2.24, 2.45) is 0 Å². The quantitative estimate of drug-likeness (QED) is 0.187. The smallest absolute Gasteiger partial charge is 0.412 e. The van der Waals surface area contributed by atoms with Crippen molar-refractivity contribution < 1.29 is 118 Å². The van der Waals surface area contributed by atoms with Gasteiger partial charge in [0.1, 0.15) is 14.7 Å². The van der Waals surface area contributed by atoms with Crippen LogP contribution in [-0.2, 0) is 0 Å². The van der Waals surface area contributed by atoms with Gasteiger partial charge in [-0.15, -0.1) is 0 Å². The molecule has 0 aliphatic rings. The van der Waals surface area contributed by atoms with Gasteiger partial charge in [0.15, 0.2) is 0 Å². The summed E-state index contributed by atoms with van der Waals surface area (Å²) >= 11 is 0. The van der Waals surface area contributed by atoms with Gasteiger partial charge < -0.3 is 32.9 Å². The minimum atomic E-state index is -1.25. The summed E-state index contributed by atoms with van der Waals surface area (Å²) in [6.45, 7) is 0. The molecule has 0 spiro atoms. The van der Waals surface area contributed by atoms with Crippen molar-refractivity contribution >= 4 is 0 Å². The van der Waals surface area contributed by atoms with Crippen LogP contribution in [0.15, 0.2) is 0 Å². The molecule has 0 aliphatic heterocycles. The fraction of sp³-hybridized carbons (Fsp3) is 0. The Kier molecular flexibility index (Phi) is 307. The summed E-state index contributed by atoms with van der Waals surface area (Å²) in [5.74, 6) is 0. The second-order valence-electron chi connectivity index (χ2n) is 0.758. The summed E-state index contributed by atoms with van der Waals surface area (Å²) in [6, 6.07) is 0.